The summed E-state index contributed by atoms with van der Waals surface area (Å²) in [6.07, 6.45) is -2.08. The van der Waals surface area contributed by atoms with Crippen LogP contribution >= 0.6 is 0 Å². The van der Waals surface area contributed by atoms with Crippen LogP contribution < -0.4 is 5.32 Å². The van der Waals surface area contributed by atoms with Crippen molar-refractivity contribution in [2.24, 2.45) is 11.8 Å². The predicted molar refractivity (Wildman–Crippen MR) is 74.3 cm³/mol. The lowest BCUT2D eigenvalue weighted by Gasteiger charge is -2.38. The van der Waals surface area contributed by atoms with Crippen molar-refractivity contribution in [3.63, 3.8) is 0 Å². The van der Waals surface area contributed by atoms with Gasteiger partial charge in [0.1, 0.15) is 5.82 Å². The van der Waals surface area contributed by atoms with Gasteiger partial charge >= 0.3 is 6.18 Å². The number of alkyl halides is 3. The molecule has 1 fully saturated rings. The summed E-state index contributed by atoms with van der Waals surface area (Å²) < 4.78 is 53.3. The average molecular weight is 303 g/mol. The number of nitrogens with one attached hydrogen (secondary N) is 1. The zero-order valence-electron chi connectivity index (χ0n) is 12.1. The van der Waals surface area contributed by atoms with Crippen LogP contribution in [0.2, 0.25) is 0 Å². The SMILES string of the molecule is CCNC(c1cccc(F)c1)C1CCCCC1C(F)(F)F. The Hall–Kier alpha value is -1.10. The van der Waals surface area contributed by atoms with E-state index in [1.165, 1.54) is 12.1 Å². The Morgan fingerprint density at radius 1 is 1.24 bits per heavy atom. The van der Waals surface area contributed by atoms with Crippen molar-refractivity contribution in [3.8, 4) is 0 Å². The normalized spacial score (nSPS) is 24.8. The molecule has 2 rings (SSSR count). The second-order valence-electron chi connectivity index (χ2n) is 5.69. The van der Waals surface area contributed by atoms with Crippen molar-refractivity contribution in [2.75, 3.05) is 6.54 Å². The van der Waals surface area contributed by atoms with Gasteiger partial charge in [-0.2, -0.15) is 13.2 Å². The number of hydrogen-bond donors (Lipinski definition) is 1. The first-order valence-electron chi connectivity index (χ1n) is 7.49. The first kappa shape index (κ1) is 16.3. The standard InChI is InChI=1S/C16H21F4N/c1-2-21-15(11-6-5-7-12(17)10-11)13-8-3-4-9-14(13)16(18,19)20/h5-7,10,13-15,21H,2-4,8-9H2,1H3. The van der Waals surface area contributed by atoms with Crippen LogP contribution in [0, 0.1) is 17.7 Å². The Labute approximate surface area is 122 Å². The molecule has 1 aromatic carbocycles. The van der Waals surface area contributed by atoms with E-state index in [4.69, 9.17) is 0 Å². The third-order valence-corrected chi connectivity index (χ3v) is 4.30. The summed E-state index contributed by atoms with van der Waals surface area (Å²) in [6, 6.07) is 5.47. The highest BCUT2D eigenvalue weighted by molar-refractivity contribution is 5.21. The van der Waals surface area contributed by atoms with Crippen LogP contribution in [0.4, 0.5) is 17.6 Å². The molecule has 0 bridgehead atoms. The van der Waals surface area contributed by atoms with E-state index >= 15 is 0 Å². The summed E-state index contributed by atoms with van der Waals surface area (Å²) in [5, 5.41) is 3.13. The molecule has 3 atom stereocenters. The monoisotopic (exact) mass is 303 g/mol. The largest absolute Gasteiger partial charge is 0.392 e. The fraction of sp³-hybridized carbons (Fsp3) is 0.625. The predicted octanol–water partition coefficient (Wildman–Crippen LogP) is 4.85. The lowest BCUT2D eigenvalue weighted by Crippen LogP contribution is -2.40. The summed E-state index contributed by atoms with van der Waals surface area (Å²) in [4.78, 5) is 0. The molecule has 1 nitrogen and oxygen atoms in total. The third kappa shape index (κ3) is 3.96. The van der Waals surface area contributed by atoms with E-state index in [1.807, 2.05) is 6.92 Å². The molecule has 1 N–H and O–H groups in total. The molecule has 21 heavy (non-hydrogen) atoms. The molecule has 0 aromatic heterocycles. The van der Waals surface area contributed by atoms with Crippen molar-refractivity contribution in [3.05, 3.63) is 35.6 Å². The second kappa shape index (κ2) is 6.77. The maximum atomic E-state index is 13.4. The molecule has 0 spiro atoms. The van der Waals surface area contributed by atoms with E-state index in [0.717, 1.165) is 6.42 Å². The molecule has 0 amide bonds. The van der Waals surface area contributed by atoms with E-state index in [0.29, 0.717) is 24.9 Å². The lowest BCUT2D eigenvalue weighted by molar-refractivity contribution is -0.199. The van der Waals surface area contributed by atoms with Gasteiger partial charge in [0.25, 0.3) is 0 Å². The number of benzene rings is 1. The van der Waals surface area contributed by atoms with Crippen LogP contribution in [0.25, 0.3) is 0 Å². The van der Waals surface area contributed by atoms with E-state index < -0.39 is 29.9 Å². The van der Waals surface area contributed by atoms with Gasteiger partial charge in [0.2, 0.25) is 0 Å². The molecule has 118 valence electrons. The van der Waals surface area contributed by atoms with Gasteiger partial charge in [-0.3, -0.25) is 0 Å². The van der Waals surface area contributed by atoms with Crippen LogP contribution in [-0.2, 0) is 0 Å². The van der Waals surface area contributed by atoms with Crippen molar-refractivity contribution in [1.82, 2.24) is 5.32 Å². The molecule has 1 aromatic rings. The van der Waals surface area contributed by atoms with E-state index in [1.54, 1.807) is 12.1 Å². The maximum absolute atomic E-state index is 13.4. The molecule has 0 radical (unpaired) electrons. The first-order chi connectivity index (χ1) is 9.93. The van der Waals surface area contributed by atoms with Gasteiger partial charge in [-0.15, -0.1) is 0 Å². The summed E-state index contributed by atoms with van der Waals surface area (Å²) in [5.74, 6) is -2.24. The lowest BCUT2D eigenvalue weighted by atomic mass is 9.73. The Morgan fingerprint density at radius 2 is 1.95 bits per heavy atom. The molecule has 0 saturated heterocycles. The zero-order chi connectivity index (χ0) is 15.5. The molecular weight excluding hydrogens is 282 g/mol. The topological polar surface area (TPSA) is 12.0 Å². The first-order valence-corrected chi connectivity index (χ1v) is 7.49. The molecule has 1 aliphatic rings. The minimum Gasteiger partial charge on any atom is -0.310 e. The van der Waals surface area contributed by atoms with Crippen molar-refractivity contribution in [2.45, 2.75) is 44.8 Å². The van der Waals surface area contributed by atoms with Gasteiger partial charge in [0.05, 0.1) is 5.92 Å². The number of halogens is 4. The Kier molecular flexibility index (Phi) is 5.25. The highest BCUT2D eigenvalue weighted by atomic mass is 19.4. The quantitative estimate of drug-likeness (QED) is 0.784. The molecular formula is C16H21F4N. The van der Waals surface area contributed by atoms with Crippen LogP contribution in [0.15, 0.2) is 24.3 Å². The van der Waals surface area contributed by atoms with Gasteiger partial charge < -0.3 is 5.32 Å². The highest BCUT2D eigenvalue weighted by Crippen LogP contribution is 2.46. The summed E-state index contributed by atoms with van der Waals surface area (Å²) in [7, 11) is 0. The average Bonchev–Trinajstić information content (AvgIpc) is 2.44. The van der Waals surface area contributed by atoms with Gasteiger partial charge in [0.15, 0.2) is 0 Å². The minimum atomic E-state index is -4.19. The molecule has 1 saturated carbocycles. The molecule has 0 aliphatic heterocycles. The second-order valence-corrected chi connectivity index (χ2v) is 5.69. The molecule has 3 unspecified atom stereocenters. The van der Waals surface area contributed by atoms with Crippen molar-refractivity contribution >= 4 is 0 Å². The van der Waals surface area contributed by atoms with E-state index in [9.17, 15) is 17.6 Å². The fourth-order valence-corrected chi connectivity index (χ4v) is 3.40. The smallest absolute Gasteiger partial charge is 0.310 e. The van der Waals surface area contributed by atoms with E-state index in [2.05, 4.69) is 5.32 Å². The van der Waals surface area contributed by atoms with Crippen molar-refractivity contribution in [1.29, 1.82) is 0 Å². The minimum absolute atomic E-state index is 0.172. The molecule has 1 aliphatic carbocycles. The Morgan fingerprint density at radius 3 is 2.57 bits per heavy atom. The van der Waals surface area contributed by atoms with Gasteiger partial charge in [-0.25, -0.2) is 4.39 Å². The van der Waals surface area contributed by atoms with Crippen LogP contribution in [0.3, 0.4) is 0 Å². The number of rotatable bonds is 4. The fourth-order valence-electron chi connectivity index (χ4n) is 3.40. The van der Waals surface area contributed by atoms with Crippen LogP contribution in [-0.4, -0.2) is 12.7 Å². The summed E-state index contributed by atoms with van der Waals surface area (Å²) in [6.45, 7) is 2.42. The van der Waals surface area contributed by atoms with Crippen LogP contribution in [0.5, 0.6) is 0 Å². The Bertz CT molecular complexity index is 458. The highest BCUT2D eigenvalue weighted by Gasteiger charge is 2.47. The third-order valence-electron chi connectivity index (χ3n) is 4.30. The zero-order valence-corrected chi connectivity index (χ0v) is 12.1. The van der Waals surface area contributed by atoms with Gasteiger partial charge in [-0.05, 0) is 43.0 Å². The summed E-state index contributed by atoms with van der Waals surface area (Å²) >= 11 is 0. The molecule has 0 heterocycles. The van der Waals surface area contributed by atoms with E-state index in [-0.39, 0.29) is 6.42 Å². The van der Waals surface area contributed by atoms with Crippen molar-refractivity contribution < 1.29 is 17.6 Å². The number of hydrogen-bond acceptors (Lipinski definition) is 1. The Balaban J connectivity index is 2.31. The maximum Gasteiger partial charge on any atom is 0.392 e. The molecule has 5 heteroatoms. The van der Waals surface area contributed by atoms with Gasteiger partial charge in [-0.1, -0.05) is 31.9 Å². The summed E-state index contributed by atoms with van der Waals surface area (Å²) in [5.41, 5.74) is 0.609. The van der Waals surface area contributed by atoms with Gasteiger partial charge in [0, 0.05) is 6.04 Å². The van der Waals surface area contributed by atoms with Crippen LogP contribution in [0.1, 0.15) is 44.2 Å².